The molecule has 3 aromatic rings. The summed E-state index contributed by atoms with van der Waals surface area (Å²) in [5.41, 5.74) is 2.80. The minimum Gasteiger partial charge on any atom is -0.346 e. The van der Waals surface area contributed by atoms with Crippen molar-refractivity contribution in [2.24, 2.45) is 0 Å². The summed E-state index contributed by atoms with van der Waals surface area (Å²) in [6.07, 6.45) is 2.76. The highest BCUT2D eigenvalue weighted by molar-refractivity contribution is 6.42. The Morgan fingerprint density at radius 3 is 2.62 bits per heavy atom. The molecule has 134 valence electrons. The van der Waals surface area contributed by atoms with Crippen molar-refractivity contribution in [3.8, 4) is 11.3 Å². The molecule has 1 amide bonds. The molecule has 1 atom stereocenters. The van der Waals surface area contributed by atoms with Gasteiger partial charge < -0.3 is 10.3 Å². The summed E-state index contributed by atoms with van der Waals surface area (Å²) < 4.78 is 0. The van der Waals surface area contributed by atoms with Crippen molar-refractivity contribution in [3.63, 3.8) is 0 Å². The van der Waals surface area contributed by atoms with Crippen LogP contribution < -0.4 is 5.32 Å². The van der Waals surface area contributed by atoms with E-state index in [1.165, 1.54) is 0 Å². The first-order valence-electron chi connectivity index (χ1n) is 8.40. The maximum atomic E-state index is 12.4. The van der Waals surface area contributed by atoms with Crippen molar-refractivity contribution in [2.75, 3.05) is 0 Å². The zero-order valence-electron chi connectivity index (χ0n) is 14.3. The Morgan fingerprint density at radius 2 is 1.92 bits per heavy atom. The van der Waals surface area contributed by atoms with Crippen LogP contribution in [0.25, 0.3) is 11.3 Å². The number of halogens is 2. The molecule has 0 aliphatic carbocycles. The Labute approximate surface area is 162 Å². The molecule has 6 heteroatoms. The number of nitrogens with zero attached hydrogens (tertiary/aromatic N) is 1. The first-order chi connectivity index (χ1) is 12.6. The third kappa shape index (κ3) is 4.45. The zero-order chi connectivity index (χ0) is 18.5. The lowest BCUT2D eigenvalue weighted by Crippen LogP contribution is -2.30. The van der Waals surface area contributed by atoms with Crippen molar-refractivity contribution in [1.29, 1.82) is 0 Å². The molecule has 0 spiro atoms. The standard InChI is InChI=1S/C20H19Cl2N3O/c1-2-17(20-23-12-18(25-20)14-6-4-3-5-7-14)24-19(26)11-13-8-9-15(21)16(22)10-13/h3-10,12,17H,2,11H2,1H3,(H,23,25)(H,24,26). The number of imidazole rings is 1. The summed E-state index contributed by atoms with van der Waals surface area (Å²) in [5, 5.41) is 3.95. The van der Waals surface area contributed by atoms with Gasteiger partial charge in [0.15, 0.2) is 0 Å². The van der Waals surface area contributed by atoms with Crippen LogP contribution in [-0.2, 0) is 11.2 Å². The van der Waals surface area contributed by atoms with Crippen molar-refractivity contribution in [1.82, 2.24) is 15.3 Å². The largest absolute Gasteiger partial charge is 0.346 e. The van der Waals surface area contributed by atoms with Crippen LogP contribution in [0.4, 0.5) is 0 Å². The number of hydrogen-bond acceptors (Lipinski definition) is 2. The van der Waals surface area contributed by atoms with Gasteiger partial charge in [-0.05, 0) is 29.7 Å². The van der Waals surface area contributed by atoms with E-state index < -0.39 is 0 Å². The predicted octanol–water partition coefficient (Wildman–Crippen LogP) is 5.19. The summed E-state index contributed by atoms with van der Waals surface area (Å²) in [6, 6.07) is 15.0. The van der Waals surface area contributed by atoms with E-state index in [4.69, 9.17) is 23.2 Å². The van der Waals surface area contributed by atoms with Crippen molar-refractivity contribution < 1.29 is 4.79 Å². The second-order valence-corrected chi connectivity index (χ2v) is 6.82. The molecule has 4 nitrogen and oxygen atoms in total. The number of amides is 1. The monoisotopic (exact) mass is 387 g/mol. The van der Waals surface area contributed by atoms with E-state index in [1.54, 1.807) is 24.4 Å². The molecule has 1 heterocycles. The lowest BCUT2D eigenvalue weighted by molar-refractivity contribution is -0.121. The third-order valence-electron chi connectivity index (χ3n) is 4.10. The van der Waals surface area contributed by atoms with Crippen LogP contribution in [0, 0.1) is 0 Å². The summed E-state index contributed by atoms with van der Waals surface area (Å²) >= 11 is 11.9. The topological polar surface area (TPSA) is 57.8 Å². The fourth-order valence-corrected chi connectivity index (χ4v) is 3.04. The van der Waals surface area contributed by atoms with E-state index in [9.17, 15) is 4.79 Å². The molecule has 0 fully saturated rings. The highest BCUT2D eigenvalue weighted by Crippen LogP contribution is 2.23. The van der Waals surface area contributed by atoms with E-state index in [0.717, 1.165) is 29.1 Å². The molecule has 2 N–H and O–H groups in total. The summed E-state index contributed by atoms with van der Waals surface area (Å²) in [4.78, 5) is 20.1. The van der Waals surface area contributed by atoms with E-state index in [2.05, 4.69) is 15.3 Å². The van der Waals surface area contributed by atoms with Crippen LogP contribution in [-0.4, -0.2) is 15.9 Å². The maximum absolute atomic E-state index is 12.4. The zero-order valence-corrected chi connectivity index (χ0v) is 15.8. The van der Waals surface area contributed by atoms with Crippen LogP contribution in [0.2, 0.25) is 10.0 Å². The minimum absolute atomic E-state index is 0.0899. The molecule has 26 heavy (non-hydrogen) atoms. The van der Waals surface area contributed by atoms with Gasteiger partial charge in [0.1, 0.15) is 5.82 Å². The number of carbonyl (C=O) groups is 1. The van der Waals surface area contributed by atoms with Gasteiger partial charge in [-0.3, -0.25) is 4.79 Å². The van der Waals surface area contributed by atoms with Crippen molar-refractivity contribution >= 4 is 29.1 Å². The average molecular weight is 388 g/mol. The first kappa shape index (κ1) is 18.5. The number of H-pyrrole nitrogens is 1. The highest BCUT2D eigenvalue weighted by atomic mass is 35.5. The summed E-state index contributed by atoms with van der Waals surface area (Å²) in [7, 11) is 0. The van der Waals surface area contributed by atoms with E-state index >= 15 is 0 Å². The number of hydrogen-bond donors (Lipinski definition) is 2. The van der Waals surface area contributed by atoms with Gasteiger partial charge in [0.2, 0.25) is 5.91 Å². The van der Waals surface area contributed by atoms with E-state index in [-0.39, 0.29) is 18.4 Å². The quantitative estimate of drug-likeness (QED) is 0.610. The minimum atomic E-state index is -0.178. The van der Waals surface area contributed by atoms with Gasteiger partial charge in [-0.2, -0.15) is 0 Å². The van der Waals surface area contributed by atoms with Gasteiger partial charge in [0.05, 0.1) is 34.4 Å². The Bertz CT molecular complexity index is 893. The molecule has 2 aromatic carbocycles. The number of aromatic nitrogens is 2. The third-order valence-corrected chi connectivity index (χ3v) is 4.84. The molecule has 0 saturated heterocycles. The molecule has 3 rings (SSSR count). The van der Waals surface area contributed by atoms with Gasteiger partial charge in [0.25, 0.3) is 0 Å². The van der Waals surface area contributed by atoms with Gasteiger partial charge in [-0.25, -0.2) is 4.98 Å². The average Bonchev–Trinajstić information content (AvgIpc) is 3.13. The number of benzene rings is 2. The predicted molar refractivity (Wildman–Crippen MR) is 105 cm³/mol. The lowest BCUT2D eigenvalue weighted by atomic mass is 10.1. The van der Waals surface area contributed by atoms with Crippen LogP contribution in [0.1, 0.15) is 30.8 Å². The molecule has 0 bridgehead atoms. The Kier molecular flexibility index (Phi) is 5.96. The maximum Gasteiger partial charge on any atom is 0.225 e. The SMILES string of the molecule is CCC(NC(=O)Cc1ccc(Cl)c(Cl)c1)c1ncc(-c2ccccc2)[nH]1. The van der Waals surface area contributed by atoms with E-state index in [0.29, 0.717) is 10.0 Å². The van der Waals surface area contributed by atoms with Gasteiger partial charge in [-0.1, -0.05) is 66.5 Å². The fourth-order valence-electron chi connectivity index (χ4n) is 2.72. The molecule has 0 saturated carbocycles. The van der Waals surface area contributed by atoms with Gasteiger partial charge >= 0.3 is 0 Å². The summed E-state index contributed by atoms with van der Waals surface area (Å²) in [6.45, 7) is 2.01. The molecule has 0 aliphatic heterocycles. The van der Waals surface area contributed by atoms with Crippen molar-refractivity contribution in [3.05, 3.63) is 76.2 Å². The van der Waals surface area contributed by atoms with Crippen LogP contribution >= 0.6 is 23.2 Å². The Balaban J connectivity index is 1.68. The molecule has 0 aliphatic rings. The first-order valence-corrected chi connectivity index (χ1v) is 9.16. The number of aromatic amines is 1. The number of carbonyl (C=O) groups excluding carboxylic acids is 1. The normalized spacial score (nSPS) is 12.0. The second-order valence-electron chi connectivity index (χ2n) is 6.00. The van der Waals surface area contributed by atoms with E-state index in [1.807, 2.05) is 37.3 Å². The van der Waals surface area contributed by atoms with Gasteiger partial charge in [-0.15, -0.1) is 0 Å². The molecule has 1 aromatic heterocycles. The van der Waals surface area contributed by atoms with Crippen LogP contribution in [0.3, 0.4) is 0 Å². The molecular formula is C20H19Cl2N3O. The fraction of sp³-hybridized carbons (Fsp3) is 0.200. The lowest BCUT2D eigenvalue weighted by Gasteiger charge is -2.15. The number of nitrogens with one attached hydrogen (secondary N) is 2. The smallest absolute Gasteiger partial charge is 0.225 e. The van der Waals surface area contributed by atoms with Gasteiger partial charge in [0, 0.05) is 0 Å². The number of rotatable bonds is 6. The Morgan fingerprint density at radius 1 is 1.15 bits per heavy atom. The molecular weight excluding hydrogens is 369 g/mol. The van der Waals surface area contributed by atoms with Crippen molar-refractivity contribution in [2.45, 2.75) is 25.8 Å². The highest BCUT2D eigenvalue weighted by Gasteiger charge is 2.17. The summed E-state index contributed by atoms with van der Waals surface area (Å²) in [5.74, 6) is 0.654. The molecule has 1 unspecified atom stereocenters. The molecule has 0 radical (unpaired) electrons. The van der Waals surface area contributed by atoms with Crippen LogP contribution in [0.15, 0.2) is 54.7 Å². The van der Waals surface area contributed by atoms with Crippen LogP contribution in [0.5, 0.6) is 0 Å². The second kappa shape index (κ2) is 8.39. The Hall–Kier alpha value is -2.30.